The second-order valence-corrected chi connectivity index (χ2v) is 4.84. The number of aliphatic hydroxyl groups is 1. The molecule has 1 aromatic rings. The van der Waals surface area contributed by atoms with Gasteiger partial charge in [0.2, 0.25) is 0 Å². The van der Waals surface area contributed by atoms with E-state index in [9.17, 15) is 5.11 Å². The standard InChI is InChI=1S/C12H17BrO2/c1-4-12(2,14)8-9-7-10(15-3)5-6-11(9)13/h5-7,14H,4,8H2,1-3H3. The van der Waals surface area contributed by atoms with Crippen molar-refractivity contribution in [2.45, 2.75) is 32.3 Å². The summed E-state index contributed by atoms with van der Waals surface area (Å²) in [6.07, 6.45) is 1.36. The number of hydrogen-bond donors (Lipinski definition) is 1. The van der Waals surface area contributed by atoms with E-state index in [4.69, 9.17) is 4.74 Å². The molecule has 1 unspecified atom stereocenters. The highest BCUT2D eigenvalue weighted by atomic mass is 79.9. The van der Waals surface area contributed by atoms with Gasteiger partial charge in [-0.2, -0.15) is 0 Å². The fourth-order valence-electron chi connectivity index (χ4n) is 1.35. The van der Waals surface area contributed by atoms with Crippen LogP contribution in [0.2, 0.25) is 0 Å². The summed E-state index contributed by atoms with van der Waals surface area (Å²) in [5, 5.41) is 10.0. The van der Waals surface area contributed by atoms with E-state index in [-0.39, 0.29) is 0 Å². The second kappa shape index (κ2) is 4.99. The summed E-state index contributed by atoms with van der Waals surface area (Å²) in [4.78, 5) is 0. The van der Waals surface area contributed by atoms with Crippen LogP contribution < -0.4 is 4.74 Å². The lowest BCUT2D eigenvalue weighted by molar-refractivity contribution is 0.0562. The van der Waals surface area contributed by atoms with E-state index in [1.54, 1.807) is 7.11 Å². The van der Waals surface area contributed by atoms with Crippen LogP contribution in [0.1, 0.15) is 25.8 Å². The lowest BCUT2D eigenvalue weighted by Crippen LogP contribution is -2.25. The van der Waals surface area contributed by atoms with Crippen LogP contribution in [-0.2, 0) is 6.42 Å². The molecule has 0 bridgehead atoms. The minimum absolute atomic E-state index is 0.626. The minimum atomic E-state index is -0.658. The summed E-state index contributed by atoms with van der Waals surface area (Å²) < 4.78 is 6.17. The molecule has 1 aromatic carbocycles. The van der Waals surface area contributed by atoms with E-state index in [2.05, 4.69) is 15.9 Å². The smallest absolute Gasteiger partial charge is 0.119 e. The van der Waals surface area contributed by atoms with Crippen molar-refractivity contribution in [2.75, 3.05) is 7.11 Å². The molecule has 0 aliphatic heterocycles. The van der Waals surface area contributed by atoms with Crippen LogP contribution in [0.15, 0.2) is 22.7 Å². The minimum Gasteiger partial charge on any atom is -0.497 e. The van der Waals surface area contributed by atoms with Gasteiger partial charge in [0.1, 0.15) is 5.75 Å². The predicted octanol–water partition coefficient (Wildman–Crippen LogP) is 3.16. The zero-order valence-corrected chi connectivity index (χ0v) is 11.0. The van der Waals surface area contributed by atoms with E-state index >= 15 is 0 Å². The lowest BCUT2D eigenvalue weighted by atomic mass is 9.94. The molecular weight excluding hydrogens is 256 g/mol. The Bertz CT molecular complexity index is 334. The highest BCUT2D eigenvalue weighted by Gasteiger charge is 2.19. The van der Waals surface area contributed by atoms with E-state index < -0.39 is 5.60 Å². The number of benzene rings is 1. The van der Waals surface area contributed by atoms with Crippen molar-refractivity contribution in [3.05, 3.63) is 28.2 Å². The third-order valence-corrected chi connectivity index (χ3v) is 3.36. The maximum Gasteiger partial charge on any atom is 0.119 e. The highest BCUT2D eigenvalue weighted by Crippen LogP contribution is 2.27. The Hall–Kier alpha value is -0.540. The first-order chi connectivity index (χ1) is 6.98. The van der Waals surface area contributed by atoms with Gasteiger partial charge in [0.15, 0.2) is 0 Å². The van der Waals surface area contributed by atoms with Crippen molar-refractivity contribution in [2.24, 2.45) is 0 Å². The van der Waals surface area contributed by atoms with Gasteiger partial charge in [-0.15, -0.1) is 0 Å². The topological polar surface area (TPSA) is 29.5 Å². The largest absolute Gasteiger partial charge is 0.497 e. The average Bonchev–Trinajstić information content (AvgIpc) is 2.21. The molecule has 2 nitrogen and oxygen atoms in total. The molecule has 84 valence electrons. The molecule has 0 heterocycles. The summed E-state index contributed by atoms with van der Waals surface area (Å²) >= 11 is 3.47. The zero-order valence-electron chi connectivity index (χ0n) is 9.38. The SMILES string of the molecule is CCC(C)(O)Cc1cc(OC)ccc1Br. The molecule has 1 atom stereocenters. The molecule has 0 saturated carbocycles. The van der Waals surface area contributed by atoms with Gasteiger partial charge < -0.3 is 9.84 Å². The van der Waals surface area contributed by atoms with Crippen LogP contribution >= 0.6 is 15.9 Å². The summed E-state index contributed by atoms with van der Waals surface area (Å²) in [6.45, 7) is 3.83. The summed E-state index contributed by atoms with van der Waals surface area (Å²) in [7, 11) is 1.64. The Labute approximate surface area is 99.4 Å². The molecule has 0 amide bonds. The Balaban J connectivity index is 2.93. The zero-order chi connectivity index (χ0) is 11.5. The van der Waals surface area contributed by atoms with Gasteiger partial charge >= 0.3 is 0 Å². The van der Waals surface area contributed by atoms with Crippen LogP contribution in [-0.4, -0.2) is 17.8 Å². The molecule has 0 spiro atoms. The predicted molar refractivity (Wildman–Crippen MR) is 65.3 cm³/mol. The van der Waals surface area contributed by atoms with Crippen molar-refractivity contribution < 1.29 is 9.84 Å². The number of halogens is 1. The Morgan fingerprint density at radius 1 is 1.47 bits per heavy atom. The van der Waals surface area contributed by atoms with Crippen molar-refractivity contribution in [1.29, 1.82) is 0 Å². The first-order valence-electron chi connectivity index (χ1n) is 5.03. The quantitative estimate of drug-likeness (QED) is 0.913. The van der Waals surface area contributed by atoms with E-state index in [1.807, 2.05) is 32.0 Å². The summed E-state index contributed by atoms with van der Waals surface area (Å²) in [6, 6.07) is 5.79. The number of methoxy groups -OCH3 is 1. The third-order valence-electron chi connectivity index (χ3n) is 2.59. The lowest BCUT2D eigenvalue weighted by Gasteiger charge is -2.22. The maximum absolute atomic E-state index is 10.0. The normalized spacial score (nSPS) is 14.7. The monoisotopic (exact) mass is 272 g/mol. The number of ether oxygens (including phenoxy) is 1. The van der Waals surface area contributed by atoms with Crippen LogP contribution in [0.5, 0.6) is 5.75 Å². The van der Waals surface area contributed by atoms with Gasteiger partial charge in [-0.25, -0.2) is 0 Å². The second-order valence-electron chi connectivity index (χ2n) is 3.98. The molecule has 0 fully saturated rings. The first-order valence-corrected chi connectivity index (χ1v) is 5.82. The molecule has 0 aliphatic rings. The van der Waals surface area contributed by atoms with Crippen LogP contribution in [0.3, 0.4) is 0 Å². The Morgan fingerprint density at radius 3 is 2.67 bits per heavy atom. The Morgan fingerprint density at radius 2 is 2.13 bits per heavy atom. The van der Waals surface area contributed by atoms with Gasteiger partial charge in [0.25, 0.3) is 0 Å². The molecule has 0 radical (unpaired) electrons. The van der Waals surface area contributed by atoms with Gasteiger partial charge in [-0.05, 0) is 37.1 Å². The van der Waals surface area contributed by atoms with Crippen molar-refractivity contribution >= 4 is 15.9 Å². The molecule has 1 N–H and O–H groups in total. The highest BCUT2D eigenvalue weighted by molar-refractivity contribution is 9.10. The molecule has 0 saturated heterocycles. The van der Waals surface area contributed by atoms with Gasteiger partial charge in [-0.1, -0.05) is 22.9 Å². The summed E-state index contributed by atoms with van der Waals surface area (Å²) in [5.74, 6) is 0.820. The van der Waals surface area contributed by atoms with Crippen LogP contribution in [0, 0.1) is 0 Å². The summed E-state index contributed by atoms with van der Waals surface area (Å²) in [5.41, 5.74) is 0.413. The third kappa shape index (κ3) is 3.50. The molecule has 3 heteroatoms. The van der Waals surface area contributed by atoms with Crippen LogP contribution in [0.4, 0.5) is 0 Å². The maximum atomic E-state index is 10.0. The molecular formula is C12H17BrO2. The van der Waals surface area contributed by atoms with Gasteiger partial charge in [0.05, 0.1) is 12.7 Å². The first kappa shape index (κ1) is 12.5. The molecule has 15 heavy (non-hydrogen) atoms. The van der Waals surface area contributed by atoms with Crippen molar-refractivity contribution in [3.8, 4) is 5.75 Å². The van der Waals surface area contributed by atoms with Crippen LogP contribution in [0.25, 0.3) is 0 Å². The number of hydrogen-bond acceptors (Lipinski definition) is 2. The fraction of sp³-hybridized carbons (Fsp3) is 0.500. The van der Waals surface area contributed by atoms with Crippen molar-refractivity contribution in [3.63, 3.8) is 0 Å². The molecule has 0 aliphatic carbocycles. The number of rotatable bonds is 4. The van der Waals surface area contributed by atoms with E-state index in [1.165, 1.54) is 0 Å². The average molecular weight is 273 g/mol. The Kier molecular flexibility index (Phi) is 4.17. The van der Waals surface area contributed by atoms with Crippen molar-refractivity contribution in [1.82, 2.24) is 0 Å². The fourth-order valence-corrected chi connectivity index (χ4v) is 1.74. The van der Waals surface area contributed by atoms with Gasteiger partial charge in [0, 0.05) is 10.9 Å². The van der Waals surface area contributed by atoms with Gasteiger partial charge in [-0.3, -0.25) is 0 Å². The van der Waals surface area contributed by atoms with E-state index in [0.29, 0.717) is 6.42 Å². The molecule has 1 rings (SSSR count). The molecule has 0 aromatic heterocycles. The van der Waals surface area contributed by atoms with E-state index in [0.717, 1.165) is 22.2 Å².